The first kappa shape index (κ1) is 20.1. The zero-order valence-electron chi connectivity index (χ0n) is 17.0. The number of aromatic nitrogens is 2. The fourth-order valence-electron chi connectivity index (χ4n) is 3.31. The smallest absolute Gasteiger partial charge is 0.270 e. The van der Waals surface area contributed by atoms with Gasteiger partial charge in [0, 0.05) is 37.1 Å². The highest BCUT2D eigenvalue weighted by Gasteiger charge is 2.13. The third kappa shape index (κ3) is 5.66. The first-order valence-electron chi connectivity index (χ1n) is 9.92. The highest BCUT2D eigenvalue weighted by atomic mass is 16.1. The van der Waals surface area contributed by atoms with Gasteiger partial charge < -0.3 is 20.4 Å². The molecule has 1 aromatic heterocycles. The number of rotatable bonds is 8. The molecule has 1 aliphatic rings. The van der Waals surface area contributed by atoms with Crippen molar-refractivity contribution in [3.05, 3.63) is 41.9 Å². The number of benzene rings is 1. The van der Waals surface area contributed by atoms with Crippen molar-refractivity contribution in [3.8, 4) is 0 Å². The van der Waals surface area contributed by atoms with Crippen molar-refractivity contribution < 1.29 is 4.79 Å². The third-order valence-electron chi connectivity index (χ3n) is 4.75. The fourth-order valence-corrected chi connectivity index (χ4v) is 3.31. The molecule has 1 aliphatic heterocycles. The van der Waals surface area contributed by atoms with Gasteiger partial charge in [0.25, 0.3) is 5.91 Å². The Morgan fingerprint density at radius 3 is 2.54 bits per heavy atom. The molecule has 7 nitrogen and oxygen atoms in total. The lowest BCUT2D eigenvalue weighted by molar-refractivity contribution is 0.0947. The van der Waals surface area contributed by atoms with Gasteiger partial charge in [-0.3, -0.25) is 4.79 Å². The molecule has 2 N–H and O–H groups in total. The minimum atomic E-state index is -0.170. The van der Waals surface area contributed by atoms with Crippen molar-refractivity contribution in [3.63, 3.8) is 0 Å². The number of aryl methyl sites for hydroxylation is 1. The zero-order chi connectivity index (χ0) is 19.9. The summed E-state index contributed by atoms with van der Waals surface area (Å²) in [5.74, 6) is 1.02. The van der Waals surface area contributed by atoms with Crippen LogP contribution in [-0.2, 0) is 0 Å². The highest BCUT2D eigenvalue weighted by Crippen LogP contribution is 2.23. The predicted molar refractivity (Wildman–Crippen MR) is 113 cm³/mol. The summed E-state index contributed by atoms with van der Waals surface area (Å²) in [7, 11) is 4.04. The maximum Gasteiger partial charge on any atom is 0.270 e. The lowest BCUT2D eigenvalue weighted by atomic mass is 10.2. The molecule has 0 spiro atoms. The van der Waals surface area contributed by atoms with E-state index in [1.807, 2.05) is 26.2 Å². The van der Waals surface area contributed by atoms with E-state index in [4.69, 9.17) is 0 Å². The van der Waals surface area contributed by atoms with Crippen molar-refractivity contribution in [1.82, 2.24) is 20.2 Å². The van der Waals surface area contributed by atoms with E-state index in [1.54, 1.807) is 13.0 Å². The molecule has 7 heteroatoms. The predicted octanol–water partition coefficient (Wildman–Crippen LogP) is 2.81. The van der Waals surface area contributed by atoms with Crippen LogP contribution in [0.3, 0.4) is 0 Å². The van der Waals surface area contributed by atoms with E-state index < -0.39 is 0 Å². The minimum absolute atomic E-state index is 0.170. The van der Waals surface area contributed by atoms with E-state index in [0.717, 1.165) is 31.7 Å². The largest absolute Gasteiger partial charge is 0.372 e. The lowest BCUT2D eigenvalue weighted by Crippen LogP contribution is -2.28. The second kappa shape index (κ2) is 9.50. The first-order valence-corrected chi connectivity index (χ1v) is 9.92. The summed E-state index contributed by atoms with van der Waals surface area (Å²) in [4.78, 5) is 25.6. The number of carbonyl (C=O) groups is 1. The van der Waals surface area contributed by atoms with Crippen molar-refractivity contribution in [2.24, 2.45) is 0 Å². The van der Waals surface area contributed by atoms with E-state index in [9.17, 15) is 4.79 Å². The second-order valence-electron chi connectivity index (χ2n) is 7.46. The molecule has 2 aromatic rings. The van der Waals surface area contributed by atoms with E-state index in [-0.39, 0.29) is 5.91 Å². The van der Waals surface area contributed by atoms with Crippen LogP contribution in [-0.4, -0.2) is 61.0 Å². The van der Waals surface area contributed by atoms with E-state index in [2.05, 4.69) is 42.5 Å². The van der Waals surface area contributed by atoms with Gasteiger partial charge in [0.1, 0.15) is 17.3 Å². The Balaban J connectivity index is 1.61. The molecule has 150 valence electrons. The van der Waals surface area contributed by atoms with Gasteiger partial charge in [-0.2, -0.15) is 0 Å². The molecule has 0 aliphatic carbocycles. The molecule has 2 heterocycles. The number of amides is 1. The Morgan fingerprint density at radius 2 is 1.86 bits per heavy atom. The van der Waals surface area contributed by atoms with Gasteiger partial charge in [-0.15, -0.1) is 0 Å². The van der Waals surface area contributed by atoms with Crippen LogP contribution in [0.4, 0.5) is 17.2 Å². The summed E-state index contributed by atoms with van der Waals surface area (Å²) < 4.78 is 0. The topological polar surface area (TPSA) is 73.4 Å². The maximum absolute atomic E-state index is 12.4. The number of anilines is 3. The minimum Gasteiger partial charge on any atom is -0.372 e. The van der Waals surface area contributed by atoms with Crippen molar-refractivity contribution in [1.29, 1.82) is 0 Å². The van der Waals surface area contributed by atoms with Crippen LogP contribution >= 0.6 is 0 Å². The average molecular weight is 383 g/mol. The van der Waals surface area contributed by atoms with Crippen LogP contribution in [0.2, 0.25) is 0 Å². The van der Waals surface area contributed by atoms with E-state index in [0.29, 0.717) is 23.9 Å². The summed E-state index contributed by atoms with van der Waals surface area (Å²) >= 11 is 0. The lowest BCUT2D eigenvalue weighted by Gasteiger charge is -2.18. The molecule has 0 bridgehead atoms. The monoisotopic (exact) mass is 382 g/mol. The Hall–Kier alpha value is -2.67. The number of hydrogen-bond acceptors (Lipinski definition) is 6. The number of nitrogens with zero attached hydrogens (tertiary/aromatic N) is 4. The molecule has 1 saturated heterocycles. The number of carbonyl (C=O) groups excluding carboxylic acids is 1. The van der Waals surface area contributed by atoms with Crippen LogP contribution in [0.1, 0.15) is 35.6 Å². The molecule has 3 rings (SSSR count). The van der Waals surface area contributed by atoms with E-state index >= 15 is 0 Å². The first-order chi connectivity index (χ1) is 13.5. The summed E-state index contributed by atoms with van der Waals surface area (Å²) in [6.07, 6.45) is 3.43. The molecular formula is C21H30N6O. The molecule has 0 saturated carbocycles. The molecular weight excluding hydrogens is 352 g/mol. The van der Waals surface area contributed by atoms with Crippen LogP contribution in [0.15, 0.2) is 30.3 Å². The Kier molecular flexibility index (Phi) is 6.81. The molecule has 1 fully saturated rings. The summed E-state index contributed by atoms with van der Waals surface area (Å²) in [5, 5.41) is 6.21. The van der Waals surface area contributed by atoms with Crippen molar-refractivity contribution >= 4 is 23.1 Å². The Bertz CT molecular complexity index is 784. The van der Waals surface area contributed by atoms with Gasteiger partial charge in [-0.05, 0) is 71.1 Å². The normalized spacial score (nSPS) is 13.8. The van der Waals surface area contributed by atoms with Gasteiger partial charge >= 0.3 is 0 Å². The Labute approximate surface area is 167 Å². The molecule has 0 unspecified atom stereocenters. The summed E-state index contributed by atoms with van der Waals surface area (Å²) in [5.41, 5.74) is 2.58. The molecule has 28 heavy (non-hydrogen) atoms. The van der Waals surface area contributed by atoms with Crippen LogP contribution in [0.25, 0.3) is 0 Å². The van der Waals surface area contributed by atoms with Crippen molar-refractivity contribution in [2.75, 3.05) is 50.5 Å². The van der Waals surface area contributed by atoms with Crippen LogP contribution in [0, 0.1) is 6.92 Å². The van der Waals surface area contributed by atoms with Gasteiger partial charge in [0.2, 0.25) is 0 Å². The van der Waals surface area contributed by atoms with Gasteiger partial charge in [0.05, 0.1) is 0 Å². The number of nitrogens with one attached hydrogen (secondary N) is 2. The second-order valence-corrected chi connectivity index (χ2v) is 7.46. The van der Waals surface area contributed by atoms with Crippen molar-refractivity contribution in [2.45, 2.75) is 26.2 Å². The molecule has 0 radical (unpaired) electrons. The maximum atomic E-state index is 12.4. The average Bonchev–Trinajstić information content (AvgIpc) is 3.20. The fraction of sp³-hybridized carbons (Fsp3) is 0.476. The van der Waals surface area contributed by atoms with Crippen LogP contribution < -0.4 is 15.5 Å². The van der Waals surface area contributed by atoms with Gasteiger partial charge in [-0.1, -0.05) is 0 Å². The van der Waals surface area contributed by atoms with Crippen LogP contribution in [0.5, 0.6) is 0 Å². The molecule has 1 amide bonds. The standard InChI is InChI=1S/C21H30N6O/c1-16-23-19(21(28)22-11-6-12-26(2)3)15-20(24-16)25-17-7-9-18(10-8-17)27-13-4-5-14-27/h7-10,15H,4-6,11-14H2,1-3H3,(H,22,28)(H,23,24,25). The quantitative estimate of drug-likeness (QED) is 0.684. The summed E-state index contributed by atoms with van der Waals surface area (Å²) in [6, 6.07) is 10.0. The molecule has 1 aromatic carbocycles. The summed E-state index contributed by atoms with van der Waals surface area (Å²) in [6.45, 7) is 5.62. The van der Waals surface area contributed by atoms with Gasteiger partial charge in [0.15, 0.2) is 0 Å². The highest BCUT2D eigenvalue weighted by molar-refractivity contribution is 5.93. The number of hydrogen-bond donors (Lipinski definition) is 2. The third-order valence-corrected chi connectivity index (χ3v) is 4.75. The molecule has 0 atom stereocenters. The van der Waals surface area contributed by atoms with E-state index in [1.165, 1.54) is 18.5 Å². The SMILES string of the molecule is Cc1nc(Nc2ccc(N3CCCC3)cc2)cc(C(=O)NCCCN(C)C)n1. The zero-order valence-corrected chi connectivity index (χ0v) is 17.0. The van der Waals surface area contributed by atoms with Gasteiger partial charge in [-0.25, -0.2) is 9.97 Å². The Morgan fingerprint density at radius 1 is 1.14 bits per heavy atom.